The van der Waals surface area contributed by atoms with Gasteiger partial charge in [0.15, 0.2) is 22.8 Å². The van der Waals surface area contributed by atoms with Gasteiger partial charge in [0.2, 0.25) is 5.82 Å². The van der Waals surface area contributed by atoms with Crippen LogP contribution in [-0.2, 0) is 0 Å². The molecule has 0 saturated heterocycles. The molecule has 0 amide bonds. The van der Waals surface area contributed by atoms with Gasteiger partial charge in [0.05, 0.1) is 7.11 Å². The average Bonchev–Trinajstić information content (AvgIpc) is 3.22. The van der Waals surface area contributed by atoms with E-state index in [0.717, 1.165) is 0 Å². The minimum absolute atomic E-state index is 0.0117. The second kappa shape index (κ2) is 5.19. The third-order valence-corrected chi connectivity index (χ3v) is 3.33. The summed E-state index contributed by atoms with van der Waals surface area (Å²) in [5.41, 5.74) is 5.48. The van der Waals surface area contributed by atoms with Crippen molar-refractivity contribution in [2.75, 3.05) is 12.8 Å². The van der Waals surface area contributed by atoms with Crippen LogP contribution in [0.5, 0.6) is 5.75 Å². The minimum Gasteiger partial charge on any atom is -0.493 e. The Morgan fingerprint density at radius 1 is 1.21 bits per heavy atom. The molecule has 3 heterocycles. The second-order valence-electron chi connectivity index (χ2n) is 4.75. The first-order chi connectivity index (χ1) is 11.7. The van der Waals surface area contributed by atoms with Gasteiger partial charge in [-0.1, -0.05) is 17.3 Å². The van der Waals surface area contributed by atoms with Gasteiger partial charge in [-0.05, 0) is 22.4 Å². The maximum absolute atomic E-state index is 12.2. The van der Waals surface area contributed by atoms with E-state index in [1.165, 1.54) is 7.11 Å². The van der Waals surface area contributed by atoms with Crippen molar-refractivity contribution in [1.82, 2.24) is 20.5 Å². The lowest BCUT2D eigenvalue weighted by molar-refractivity contribution is 0.310. The maximum Gasteiger partial charge on any atom is 0.349 e. The van der Waals surface area contributed by atoms with Crippen molar-refractivity contribution in [1.29, 1.82) is 0 Å². The fourth-order valence-electron chi connectivity index (χ4n) is 2.21. The molecule has 10 nitrogen and oxygen atoms in total. The fourth-order valence-corrected chi connectivity index (χ4v) is 2.21. The Morgan fingerprint density at radius 2 is 2.08 bits per heavy atom. The number of ether oxygens (including phenoxy) is 1. The molecule has 0 aliphatic rings. The molecular weight excluding hydrogens is 318 g/mol. The number of para-hydroxylation sites is 1. The molecule has 1 aromatic carbocycles. The topological polar surface area (TPSA) is 143 Å². The summed E-state index contributed by atoms with van der Waals surface area (Å²) >= 11 is 0. The van der Waals surface area contributed by atoms with Gasteiger partial charge < -0.3 is 19.4 Å². The Labute approximate surface area is 132 Å². The molecule has 0 fully saturated rings. The molecule has 3 aromatic heterocycles. The third kappa shape index (κ3) is 2.08. The van der Waals surface area contributed by atoms with Crippen LogP contribution in [0.3, 0.4) is 0 Å². The second-order valence-corrected chi connectivity index (χ2v) is 4.75. The molecule has 0 aliphatic heterocycles. The third-order valence-electron chi connectivity index (χ3n) is 3.33. The zero-order valence-corrected chi connectivity index (χ0v) is 12.2. The number of fused-ring (bicyclic) bond motifs is 1. The van der Waals surface area contributed by atoms with Crippen molar-refractivity contribution in [3.8, 4) is 28.7 Å². The number of nitrogens with zero attached hydrogens (tertiary/aromatic N) is 4. The van der Waals surface area contributed by atoms with Crippen molar-refractivity contribution >= 4 is 16.8 Å². The highest BCUT2D eigenvalue weighted by Crippen LogP contribution is 2.28. The molecule has 0 saturated carbocycles. The van der Waals surface area contributed by atoms with Crippen LogP contribution in [0.15, 0.2) is 42.6 Å². The van der Waals surface area contributed by atoms with E-state index in [9.17, 15) is 4.79 Å². The highest BCUT2D eigenvalue weighted by Gasteiger charge is 2.20. The first-order valence-corrected chi connectivity index (χ1v) is 6.70. The molecule has 4 aromatic rings. The molecule has 120 valence electrons. The minimum atomic E-state index is -0.645. The molecule has 0 radical (unpaired) electrons. The summed E-state index contributed by atoms with van der Waals surface area (Å²) in [4.78, 5) is 16.3. The van der Waals surface area contributed by atoms with E-state index in [4.69, 9.17) is 19.4 Å². The van der Waals surface area contributed by atoms with Crippen LogP contribution in [0, 0.1) is 0 Å². The van der Waals surface area contributed by atoms with E-state index in [1.54, 1.807) is 24.3 Å². The summed E-state index contributed by atoms with van der Waals surface area (Å²) < 4.78 is 20.1. The highest BCUT2D eigenvalue weighted by atomic mass is 16.6. The molecule has 4 rings (SSSR count). The van der Waals surface area contributed by atoms with Crippen molar-refractivity contribution in [2.45, 2.75) is 0 Å². The number of nitrogen functional groups attached to an aromatic ring is 1. The molecule has 0 unspecified atom stereocenters. The van der Waals surface area contributed by atoms with E-state index in [0.29, 0.717) is 16.7 Å². The van der Waals surface area contributed by atoms with Gasteiger partial charge in [0.25, 0.3) is 5.89 Å². The SMILES string of the molecule is COc1cccc2cc(-c3nc(-c4nonc4N)no3)c(=O)oc12. The van der Waals surface area contributed by atoms with Gasteiger partial charge >= 0.3 is 5.63 Å². The molecule has 0 atom stereocenters. The smallest absolute Gasteiger partial charge is 0.349 e. The lowest BCUT2D eigenvalue weighted by atomic mass is 10.1. The van der Waals surface area contributed by atoms with Crippen LogP contribution < -0.4 is 16.1 Å². The number of hydrogen-bond donors (Lipinski definition) is 1. The maximum atomic E-state index is 12.2. The van der Waals surface area contributed by atoms with E-state index in [2.05, 4.69) is 25.1 Å². The summed E-state index contributed by atoms with van der Waals surface area (Å²) in [6, 6.07) is 6.80. The van der Waals surface area contributed by atoms with Gasteiger partial charge in [-0.15, -0.1) is 0 Å². The van der Waals surface area contributed by atoms with Crippen LogP contribution in [-0.4, -0.2) is 27.6 Å². The number of aromatic nitrogens is 4. The van der Waals surface area contributed by atoms with Gasteiger partial charge in [-0.2, -0.15) is 4.98 Å². The normalized spacial score (nSPS) is 11.0. The van der Waals surface area contributed by atoms with Crippen LogP contribution in [0.2, 0.25) is 0 Å². The Balaban J connectivity index is 1.86. The van der Waals surface area contributed by atoms with Crippen molar-refractivity contribution in [3.05, 3.63) is 34.7 Å². The summed E-state index contributed by atoms with van der Waals surface area (Å²) in [6.07, 6.45) is 0. The van der Waals surface area contributed by atoms with Gasteiger partial charge in [0.1, 0.15) is 5.56 Å². The zero-order chi connectivity index (χ0) is 16.7. The van der Waals surface area contributed by atoms with Crippen LogP contribution >= 0.6 is 0 Å². The number of nitrogens with two attached hydrogens (primary N) is 1. The Hall–Kier alpha value is -3.69. The number of hydrogen-bond acceptors (Lipinski definition) is 10. The summed E-state index contributed by atoms with van der Waals surface area (Å²) in [7, 11) is 1.49. The number of benzene rings is 1. The first kappa shape index (κ1) is 13.9. The first-order valence-electron chi connectivity index (χ1n) is 6.70. The molecule has 2 N–H and O–H groups in total. The van der Waals surface area contributed by atoms with Gasteiger partial charge in [0, 0.05) is 5.39 Å². The highest BCUT2D eigenvalue weighted by molar-refractivity contribution is 5.85. The lowest BCUT2D eigenvalue weighted by Crippen LogP contribution is -2.03. The van der Waals surface area contributed by atoms with E-state index >= 15 is 0 Å². The average molecular weight is 327 g/mol. The summed E-state index contributed by atoms with van der Waals surface area (Å²) in [5, 5.41) is 11.4. The molecule has 0 bridgehead atoms. The van der Waals surface area contributed by atoms with Crippen LogP contribution in [0.25, 0.3) is 33.9 Å². The number of methoxy groups -OCH3 is 1. The van der Waals surface area contributed by atoms with E-state index < -0.39 is 5.63 Å². The van der Waals surface area contributed by atoms with Crippen LogP contribution in [0.4, 0.5) is 5.82 Å². The Morgan fingerprint density at radius 3 is 2.83 bits per heavy atom. The largest absolute Gasteiger partial charge is 0.493 e. The predicted octanol–water partition coefficient (Wildman–Crippen LogP) is 1.48. The Bertz CT molecular complexity index is 1100. The lowest BCUT2D eigenvalue weighted by Gasteiger charge is -2.03. The molecule has 10 heteroatoms. The Kier molecular flexibility index (Phi) is 3.02. The van der Waals surface area contributed by atoms with Gasteiger partial charge in [-0.3, -0.25) is 0 Å². The summed E-state index contributed by atoms with van der Waals surface area (Å²) in [5.74, 6) is 0.473. The molecular formula is C14H9N5O5. The predicted molar refractivity (Wildman–Crippen MR) is 80.0 cm³/mol. The van der Waals surface area contributed by atoms with E-state index in [1.807, 2.05) is 0 Å². The van der Waals surface area contributed by atoms with E-state index in [-0.39, 0.29) is 28.8 Å². The quantitative estimate of drug-likeness (QED) is 0.549. The zero-order valence-electron chi connectivity index (χ0n) is 12.2. The standard InChI is InChI=1S/C14H9N5O5/c1-21-8-4-2-3-6-5-7(14(20)22-10(6)8)13-16-12(19-23-13)9-11(15)18-24-17-9/h2-5H,1H3,(H2,15,18). The van der Waals surface area contributed by atoms with Crippen molar-refractivity contribution in [3.63, 3.8) is 0 Å². The molecule has 0 aliphatic carbocycles. The number of rotatable bonds is 3. The fraction of sp³-hybridized carbons (Fsp3) is 0.0714. The number of anilines is 1. The molecule has 24 heavy (non-hydrogen) atoms. The van der Waals surface area contributed by atoms with Gasteiger partial charge in [-0.25, -0.2) is 9.42 Å². The summed E-state index contributed by atoms with van der Waals surface area (Å²) in [6.45, 7) is 0. The molecule has 0 spiro atoms. The van der Waals surface area contributed by atoms with Crippen molar-refractivity contribution in [2.24, 2.45) is 0 Å². The van der Waals surface area contributed by atoms with Crippen LogP contribution in [0.1, 0.15) is 0 Å². The van der Waals surface area contributed by atoms with Crippen molar-refractivity contribution < 1.29 is 18.3 Å². The monoisotopic (exact) mass is 327 g/mol.